The average Bonchev–Trinajstić information content (AvgIpc) is 1.85. The highest BCUT2D eigenvalue weighted by Crippen LogP contribution is 2.19. The quantitative estimate of drug-likeness (QED) is 0.441. The molecule has 1 unspecified atom stereocenters. The van der Waals surface area contributed by atoms with Crippen molar-refractivity contribution in [3.8, 4) is 0 Å². The summed E-state index contributed by atoms with van der Waals surface area (Å²) in [5, 5.41) is -0.604. The highest BCUT2D eigenvalue weighted by Gasteiger charge is 2.25. The molecule has 0 aromatic carbocycles. The van der Waals surface area contributed by atoms with E-state index in [2.05, 4.69) is 0 Å². The Labute approximate surface area is 69.5 Å². The van der Waals surface area contributed by atoms with Gasteiger partial charge in [0.25, 0.3) is 0 Å². The average molecular weight is 171 g/mol. The fraction of sp³-hybridized carbons (Fsp3) is 0.250. The topological polar surface area (TPSA) is 34.1 Å². The van der Waals surface area contributed by atoms with Crippen molar-refractivity contribution < 1.29 is 9.59 Å². The molecular formula is C8H7ClO2. The summed E-state index contributed by atoms with van der Waals surface area (Å²) in [6.07, 6.45) is 4.69. The first-order valence-electron chi connectivity index (χ1n) is 3.21. The summed E-state index contributed by atoms with van der Waals surface area (Å²) in [5.41, 5.74) is 0.706. The highest BCUT2D eigenvalue weighted by molar-refractivity contribution is 6.66. The lowest BCUT2D eigenvalue weighted by Gasteiger charge is -2.11. The van der Waals surface area contributed by atoms with Gasteiger partial charge >= 0.3 is 0 Å². The molecule has 1 atom stereocenters. The normalized spacial score (nSPS) is 23.3. The summed E-state index contributed by atoms with van der Waals surface area (Å²) < 4.78 is 0. The second-order valence-electron chi connectivity index (χ2n) is 2.41. The van der Waals surface area contributed by atoms with Crippen LogP contribution < -0.4 is 0 Å². The van der Waals surface area contributed by atoms with Crippen molar-refractivity contribution in [1.82, 2.24) is 0 Å². The van der Waals surface area contributed by atoms with Gasteiger partial charge in [-0.1, -0.05) is 17.7 Å². The molecule has 0 saturated carbocycles. The summed E-state index contributed by atoms with van der Waals surface area (Å²) in [6, 6.07) is 0. The van der Waals surface area contributed by atoms with E-state index in [1.165, 1.54) is 6.08 Å². The van der Waals surface area contributed by atoms with Gasteiger partial charge in [0, 0.05) is 0 Å². The molecule has 58 valence electrons. The van der Waals surface area contributed by atoms with Crippen molar-refractivity contribution >= 4 is 22.6 Å². The molecule has 0 heterocycles. The smallest absolute Gasteiger partial charge is 0.236 e. The van der Waals surface area contributed by atoms with Crippen LogP contribution in [0.5, 0.6) is 0 Å². The van der Waals surface area contributed by atoms with E-state index in [4.69, 9.17) is 11.6 Å². The lowest BCUT2D eigenvalue weighted by Crippen LogP contribution is -2.21. The molecule has 0 radical (unpaired) electrons. The summed E-state index contributed by atoms with van der Waals surface area (Å²) in [5.74, 6) is -0.980. The zero-order valence-electron chi connectivity index (χ0n) is 6.00. The number of ketones is 1. The minimum absolute atomic E-state index is 0.231. The molecule has 0 saturated heterocycles. The minimum Gasteiger partial charge on any atom is -0.294 e. The number of carbonyl (C=O) groups excluding carboxylic acids is 2. The van der Waals surface area contributed by atoms with Gasteiger partial charge in [0.15, 0.2) is 5.78 Å². The van der Waals surface area contributed by atoms with Gasteiger partial charge in [-0.15, -0.1) is 0 Å². The van der Waals surface area contributed by atoms with Crippen LogP contribution in [0.4, 0.5) is 0 Å². The van der Waals surface area contributed by atoms with E-state index in [0.29, 0.717) is 5.57 Å². The van der Waals surface area contributed by atoms with E-state index in [1.807, 2.05) is 0 Å². The van der Waals surface area contributed by atoms with Crippen molar-refractivity contribution in [2.24, 2.45) is 5.92 Å². The molecule has 2 nitrogen and oxygen atoms in total. The van der Waals surface area contributed by atoms with Crippen LogP contribution in [0.3, 0.4) is 0 Å². The highest BCUT2D eigenvalue weighted by atomic mass is 35.5. The van der Waals surface area contributed by atoms with Gasteiger partial charge in [0.2, 0.25) is 5.24 Å². The molecule has 1 rings (SSSR count). The van der Waals surface area contributed by atoms with Gasteiger partial charge < -0.3 is 0 Å². The number of rotatable bonds is 1. The summed E-state index contributed by atoms with van der Waals surface area (Å²) in [7, 11) is 0. The van der Waals surface area contributed by atoms with Gasteiger partial charge in [-0.2, -0.15) is 0 Å². The molecule has 3 heteroatoms. The molecule has 0 spiro atoms. The van der Waals surface area contributed by atoms with E-state index in [9.17, 15) is 9.59 Å². The van der Waals surface area contributed by atoms with Crippen molar-refractivity contribution in [2.75, 3.05) is 0 Å². The monoisotopic (exact) mass is 170 g/mol. The number of halogens is 1. The molecule has 11 heavy (non-hydrogen) atoms. The Hall–Kier alpha value is -0.890. The van der Waals surface area contributed by atoms with Crippen LogP contribution in [0.2, 0.25) is 0 Å². The zero-order chi connectivity index (χ0) is 8.43. The van der Waals surface area contributed by atoms with Crippen LogP contribution in [0.1, 0.15) is 6.92 Å². The van der Waals surface area contributed by atoms with Gasteiger partial charge in [0.05, 0.1) is 0 Å². The van der Waals surface area contributed by atoms with Crippen molar-refractivity contribution in [3.05, 3.63) is 23.8 Å². The standard InChI is InChI=1S/C8H7ClO2/c1-5-3-2-4-6(10)7(5)8(9)11/h2-4,7H,1H3. The Balaban J connectivity index is 2.95. The lowest BCUT2D eigenvalue weighted by atomic mass is 9.93. The van der Waals surface area contributed by atoms with Crippen LogP contribution in [0, 0.1) is 5.92 Å². The fourth-order valence-electron chi connectivity index (χ4n) is 1.00. The molecule has 1 aliphatic rings. The van der Waals surface area contributed by atoms with E-state index < -0.39 is 11.2 Å². The number of allylic oxidation sites excluding steroid dienone is 4. The molecule has 0 bridgehead atoms. The zero-order valence-corrected chi connectivity index (χ0v) is 6.76. The van der Waals surface area contributed by atoms with E-state index >= 15 is 0 Å². The Morgan fingerprint density at radius 3 is 2.64 bits per heavy atom. The predicted octanol–water partition coefficient (Wildman–Crippen LogP) is 1.45. The third-order valence-corrected chi connectivity index (χ3v) is 1.80. The van der Waals surface area contributed by atoms with Crippen LogP contribution in [0.15, 0.2) is 23.8 Å². The van der Waals surface area contributed by atoms with Gasteiger partial charge in [0.1, 0.15) is 5.92 Å². The second-order valence-corrected chi connectivity index (χ2v) is 2.78. The minimum atomic E-state index is -0.748. The molecule has 0 N–H and O–H groups in total. The third kappa shape index (κ3) is 1.57. The maximum absolute atomic E-state index is 11.0. The van der Waals surface area contributed by atoms with Gasteiger partial charge in [-0.3, -0.25) is 9.59 Å². The van der Waals surface area contributed by atoms with Crippen molar-refractivity contribution in [2.45, 2.75) is 6.92 Å². The molecule has 0 fully saturated rings. The van der Waals surface area contributed by atoms with Crippen molar-refractivity contribution in [1.29, 1.82) is 0 Å². The van der Waals surface area contributed by atoms with Crippen LogP contribution in [-0.2, 0) is 9.59 Å². The Bertz CT molecular complexity index is 263. The summed E-state index contributed by atoms with van der Waals surface area (Å²) in [6.45, 7) is 1.71. The Morgan fingerprint density at radius 2 is 2.27 bits per heavy atom. The Morgan fingerprint density at radius 1 is 1.64 bits per heavy atom. The molecule has 1 aliphatic carbocycles. The number of carbonyl (C=O) groups is 2. The predicted molar refractivity (Wildman–Crippen MR) is 42.3 cm³/mol. The second kappa shape index (κ2) is 3.01. The SMILES string of the molecule is CC1=CC=CC(=O)C1C(=O)Cl. The maximum atomic E-state index is 11.0. The molecule has 0 aromatic heterocycles. The first kappa shape index (κ1) is 8.21. The molecule has 0 aromatic rings. The van der Waals surface area contributed by atoms with E-state index in [-0.39, 0.29) is 5.78 Å². The van der Waals surface area contributed by atoms with Gasteiger partial charge in [-0.05, 0) is 24.6 Å². The van der Waals surface area contributed by atoms with Crippen LogP contribution in [0.25, 0.3) is 0 Å². The Kier molecular flexibility index (Phi) is 2.25. The largest absolute Gasteiger partial charge is 0.294 e. The van der Waals surface area contributed by atoms with E-state index in [1.54, 1.807) is 19.1 Å². The molecule has 0 amide bonds. The first-order valence-corrected chi connectivity index (χ1v) is 3.59. The summed E-state index contributed by atoms with van der Waals surface area (Å²) >= 11 is 5.21. The van der Waals surface area contributed by atoms with Gasteiger partial charge in [-0.25, -0.2) is 0 Å². The summed E-state index contributed by atoms with van der Waals surface area (Å²) in [4.78, 5) is 21.7. The van der Waals surface area contributed by atoms with Crippen LogP contribution in [-0.4, -0.2) is 11.0 Å². The lowest BCUT2D eigenvalue weighted by molar-refractivity contribution is -0.124. The van der Waals surface area contributed by atoms with Crippen molar-refractivity contribution in [3.63, 3.8) is 0 Å². The molecular weight excluding hydrogens is 164 g/mol. The first-order chi connectivity index (χ1) is 5.13. The fourth-order valence-corrected chi connectivity index (χ4v) is 1.28. The number of hydrogen-bond donors (Lipinski definition) is 0. The van der Waals surface area contributed by atoms with Crippen LogP contribution >= 0.6 is 11.6 Å². The number of hydrogen-bond acceptors (Lipinski definition) is 2. The maximum Gasteiger partial charge on any atom is 0.236 e. The molecule has 0 aliphatic heterocycles. The van der Waals surface area contributed by atoms with E-state index in [0.717, 1.165) is 0 Å². The third-order valence-electron chi connectivity index (χ3n) is 1.59.